The molecule has 1 aromatic carbocycles. The zero-order valence-corrected chi connectivity index (χ0v) is 14.0. The lowest BCUT2D eigenvalue weighted by molar-refractivity contribution is 0.0950. The first-order chi connectivity index (χ1) is 11.2. The Morgan fingerprint density at radius 1 is 1.30 bits per heavy atom. The van der Waals surface area contributed by atoms with Crippen LogP contribution in [-0.4, -0.2) is 43.4 Å². The fraction of sp³-hybridized carbons (Fsp3) is 0.250. The topological polar surface area (TPSA) is 69.7 Å². The molecule has 3 rings (SSSR count). The van der Waals surface area contributed by atoms with Crippen LogP contribution in [0.3, 0.4) is 0 Å². The number of hydrogen-bond acceptors (Lipinski definition) is 4. The zero-order chi connectivity index (χ0) is 16.1. The van der Waals surface area contributed by atoms with Gasteiger partial charge in [-0.3, -0.25) is 4.79 Å². The van der Waals surface area contributed by atoms with Crippen molar-refractivity contribution in [3.05, 3.63) is 52.3 Å². The number of aromatic nitrogens is 1. The average Bonchev–Trinajstić information content (AvgIpc) is 3.03. The van der Waals surface area contributed by atoms with Gasteiger partial charge in [0.05, 0.1) is 19.4 Å². The number of nitrogens with zero attached hydrogens (tertiary/aromatic N) is 2. The van der Waals surface area contributed by atoms with Crippen molar-refractivity contribution in [1.82, 2.24) is 10.4 Å². The van der Waals surface area contributed by atoms with Crippen LogP contribution in [0.4, 0.5) is 5.69 Å². The number of hydrogen-bond donors (Lipinski definition) is 2. The Hall–Kier alpha value is -2.12. The standard InChI is InChI=1S/C16H17BrN4O2/c17-13-9-15(18-11-13)16(22)20-19-10-12-1-3-14(4-2-12)21-5-7-23-8-6-21/h1-4,9-11,18H,5-8H2,(H,20,22)/b19-10-. The summed E-state index contributed by atoms with van der Waals surface area (Å²) in [5.41, 5.74) is 5.04. The molecule has 0 spiro atoms. The molecule has 2 aromatic rings. The minimum atomic E-state index is -0.281. The Morgan fingerprint density at radius 3 is 2.70 bits per heavy atom. The van der Waals surface area contributed by atoms with Crippen molar-refractivity contribution in [2.75, 3.05) is 31.2 Å². The summed E-state index contributed by atoms with van der Waals surface area (Å²) in [7, 11) is 0. The molecule has 1 aliphatic heterocycles. The molecule has 1 aromatic heterocycles. The summed E-state index contributed by atoms with van der Waals surface area (Å²) in [6, 6.07) is 9.76. The average molecular weight is 377 g/mol. The fourth-order valence-corrected chi connectivity index (χ4v) is 2.66. The number of morpholine rings is 1. The van der Waals surface area contributed by atoms with E-state index in [1.54, 1.807) is 18.5 Å². The van der Waals surface area contributed by atoms with Crippen LogP contribution in [0.1, 0.15) is 16.1 Å². The number of amides is 1. The van der Waals surface area contributed by atoms with Crippen molar-refractivity contribution in [3.8, 4) is 0 Å². The highest BCUT2D eigenvalue weighted by Crippen LogP contribution is 2.16. The maximum atomic E-state index is 11.8. The zero-order valence-electron chi connectivity index (χ0n) is 12.5. The highest BCUT2D eigenvalue weighted by atomic mass is 79.9. The number of rotatable bonds is 4. The number of carbonyl (C=O) groups excluding carboxylic acids is 1. The monoisotopic (exact) mass is 376 g/mol. The second kappa shape index (κ2) is 7.43. The molecule has 120 valence electrons. The summed E-state index contributed by atoms with van der Waals surface area (Å²) < 4.78 is 6.17. The predicted octanol–water partition coefficient (Wildman–Crippen LogP) is 2.38. The molecule has 1 saturated heterocycles. The Bertz CT molecular complexity index is 690. The van der Waals surface area contributed by atoms with Gasteiger partial charge in [-0.25, -0.2) is 5.43 Å². The third-order valence-corrected chi connectivity index (χ3v) is 4.00. The third kappa shape index (κ3) is 4.20. The number of benzene rings is 1. The van der Waals surface area contributed by atoms with E-state index in [2.05, 4.69) is 48.5 Å². The van der Waals surface area contributed by atoms with E-state index in [9.17, 15) is 4.79 Å². The number of nitrogens with one attached hydrogen (secondary N) is 2. The lowest BCUT2D eigenvalue weighted by Crippen LogP contribution is -2.36. The first-order valence-electron chi connectivity index (χ1n) is 7.32. The van der Waals surface area contributed by atoms with Gasteiger partial charge in [0.1, 0.15) is 5.69 Å². The maximum Gasteiger partial charge on any atom is 0.287 e. The number of aromatic amines is 1. The van der Waals surface area contributed by atoms with Gasteiger partial charge in [0.25, 0.3) is 5.91 Å². The van der Waals surface area contributed by atoms with Crippen molar-refractivity contribution in [1.29, 1.82) is 0 Å². The van der Waals surface area contributed by atoms with Gasteiger partial charge >= 0.3 is 0 Å². The molecule has 2 heterocycles. The number of halogens is 1. The molecule has 1 aliphatic rings. The first kappa shape index (κ1) is 15.8. The van der Waals surface area contributed by atoms with Gasteiger partial charge in [-0.1, -0.05) is 12.1 Å². The number of hydrazone groups is 1. The van der Waals surface area contributed by atoms with Gasteiger partial charge in [-0.2, -0.15) is 5.10 Å². The molecule has 0 aliphatic carbocycles. The van der Waals surface area contributed by atoms with Crippen LogP contribution in [0.15, 0.2) is 46.1 Å². The van der Waals surface area contributed by atoms with Gasteiger partial charge in [0.2, 0.25) is 0 Å². The lowest BCUT2D eigenvalue weighted by atomic mass is 10.2. The molecule has 0 bridgehead atoms. The van der Waals surface area contributed by atoms with Gasteiger partial charge in [0, 0.05) is 29.4 Å². The summed E-state index contributed by atoms with van der Waals surface area (Å²) in [6.07, 6.45) is 3.32. The van der Waals surface area contributed by atoms with E-state index >= 15 is 0 Å². The van der Waals surface area contributed by atoms with E-state index in [0.717, 1.165) is 36.3 Å². The van der Waals surface area contributed by atoms with Crippen LogP contribution in [-0.2, 0) is 4.74 Å². The van der Waals surface area contributed by atoms with E-state index in [4.69, 9.17) is 4.74 Å². The highest BCUT2D eigenvalue weighted by Gasteiger charge is 2.10. The Balaban J connectivity index is 1.56. The Kier molecular flexibility index (Phi) is 5.09. The van der Waals surface area contributed by atoms with Crippen molar-refractivity contribution in [2.24, 2.45) is 5.10 Å². The van der Waals surface area contributed by atoms with Crippen LogP contribution in [0, 0.1) is 0 Å². The summed E-state index contributed by atoms with van der Waals surface area (Å²) >= 11 is 3.28. The van der Waals surface area contributed by atoms with E-state index in [1.165, 1.54) is 5.69 Å². The van der Waals surface area contributed by atoms with E-state index in [1.807, 2.05) is 12.1 Å². The molecular formula is C16H17BrN4O2. The molecule has 1 fully saturated rings. The van der Waals surface area contributed by atoms with E-state index in [0.29, 0.717) is 5.69 Å². The molecule has 1 amide bonds. The fourth-order valence-electron chi connectivity index (χ4n) is 2.32. The van der Waals surface area contributed by atoms with E-state index in [-0.39, 0.29) is 5.91 Å². The molecule has 0 unspecified atom stereocenters. The summed E-state index contributed by atoms with van der Waals surface area (Å²) in [4.78, 5) is 16.9. The molecular weight excluding hydrogens is 360 g/mol. The lowest BCUT2D eigenvalue weighted by Gasteiger charge is -2.28. The molecule has 2 N–H and O–H groups in total. The third-order valence-electron chi connectivity index (χ3n) is 3.54. The summed E-state index contributed by atoms with van der Waals surface area (Å²) in [5, 5.41) is 3.98. The number of H-pyrrole nitrogens is 1. The minimum Gasteiger partial charge on any atom is -0.378 e. The molecule has 23 heavy (non-hydrogen) atoms. The largest absolute Gasteiger partial charge is 0.378 e. The van der Waals surface area contributed by atoms with Gasteiger partial charge < -0.3 is 14.6 Å². The van der Waals surface area contributed by atoms with Gasteiger partial charge in [-0.05, 0) is 39.7 Å². The second-order valence-corrected chi connectivity index (χ2v) is 6.04. The quantitative estimate of drug-likeness (QED) is 0.635. The van der Waals surface area contributed by atoms with Crippen molar-refractivity contribution < 1.29 is 9.53 Å². The molecule has 0 atom stereocenters. The predicted molar refractivity (Wildman–Crippen MR) is 93.0 cm³/mol. The normalized spacial score (nSPS) is 15.1. The summed E-state index contributed by atoms with van der Waals surface area (Å²) in [6.45, 7) is 3.36. The van der Waals surface area contributed by atoms with Crippen LogP contribution < -0.4 is 10.3 Å². The second-order valence-electron chi connectivity index (χ2n) is 5.12. The van der Waals surface area contributed by atoms with Crippen LogP contribution in [0.5, 0.6) is 0 Å². The maximum absolute atomic E-state index is 11.8. The molecule has 7 heteroatoms. The van der Waals surface area contributed by atoms with Crippen molar-refractivity contribution >= 4 is 33.7 Å². The molecule has 6 nitrogen and oxygen atoms in total. The van der Waals surface area contributed by atoms with E-state index < -0.39 is 0 Å². The first-order valence-corrected chi connectivity index (χ1v) is 8.12. The molecule has 0 saturated carbocycles. The van der Waals surface area contributed by atoms with Crippen molar-refractivity contribution in [2.45, 2.75) is 0 Å². The molecule has 0 radical (unpaired) electrons. The smallest absolute Gasteiger partial charge is 0.287 e. The Morgan fingerprint density at radius 2 is 2.04 bits per heavy atom. The Labute approximate surface area is 142 Å². The number of carbonyl (C=O) groups is 1. The van der Waals surface area contributed by atoms with Crippen molar-refractivity contribution in [3.63, 3.8) is 0 Å². The van der Waals surface area contributed by atoms with Crippen LogP contribution >= 0.6 is 15.9 Å². The SMILES string of the molecule is O=C(N/N=C\c1ccc(N2CCOCC2)cc1)c1cc(Br)c[nH]1. The highest BCUT2D eigenvalue weighted by molar-refractivity contribution is 9.10. The summed E-state index contributed by atoms with van der Waals surface area (Å²) in [5.74, 6) is -0.281. The van der Waals surface area contributed by atoms with Crippen LogP contribution in [0.2, 0.25) is 0 Å². The minimum absolute atomic E-state index is 0.281. The number of anilines is 1. The van der Waals surface area contributed by atoms with Gasteiger partial charge in [-0.15, -0.1) is 0 Å². The van der Waals surface area contributed by atoms with Gasteiger partial charge in [0.15, 0.2) is 0 Å². The van der Waals surface area contributed by atoms with Crippen LogP contribution in [0.25, 0.3) is 0 Å². The number of ether oxygens (including phenoxy) is 1.